The number of nitrogens with one attached hydrogen (secondary N) is 1. The molecule has 1 aromatic carbocycles. The molecule has 0 unspecified atom stereocenters. The Hall–Kier alpha value is -0.870. The molecule has 1 aliphatic carbocycles. The maximum absolute atomic E-state index is 5.95. The first kappa shape index (κ1) is 14.1. The van der Waals surface area contributed by atoms with Gasteiger partial charge in [0, 0.05) is 27.4 Å². The van der Waals surface area contributed by atoms with Crippen molar-refractivity contribution in [3.63, 3.8) is 0 Å². The summed E-state index contributed by atoms with van der Waals surface area (Å²) in [5, 5.41) is 4.29. The van der Waals surface area contributed by atoms with Crippen LogP contribution in [-0.4, -0.2) is 6.04 Å². The van der Waals surface area contributed by atoms with Crippen molar-refractivity contribution in [2.24, 2.45) is 0 Å². The molecule has 1 aliphatic rings. The van der Waals surface area contributed by atoms with Gasteiger partial charge in [-0.05, 0) is 42.7 Å². The highest BCUT2D eigenvalue weighted by Crippen LogP contribution is 2.22. The Morgan fingerprint density at radius 1 is 1.15 bits per heavy atom. The quantitative estimate of drug-likeness (QED) is 0.820. The number of hydrogen-bond acceptors (Lipinski definition) is 3. The van der Waals surface area contributed by atoms with Crippen molar-refractivity contribution in [2.75, 3.05) is 0 Å². The van der Waals surface area contributed by atoms with Crippen LogP contribution in [0.15, 0.2) is 36.4 Å². The molecule has 0 saturated heterocycles. The summed E-state index contributed by atoms with van der Waals surface area (Å²) < 4.78 is 5.74. The highest BCUT2D eigenvalue weighted by molar-refractivity contribution is 7.11. The summed E-state index contributed by atoms with van der Waals surface area (Å²) in [7, 11) is 0. The smallest absolute Gasteiger partial charge is 0.0814 e. The van der Waals surface area contributed by atoms with E-state index in [4.69, 9.17) is 16.3 Å². The molecule has 1 N–H and O–H groups in total. The zero-order valence-corrected chi connectivity index (χ0v) is 12.8. The minimum Gasteiger partial charge on any atom is -0.371 e. The number of thiophene rings is 1. The van der Waals surface area contributed by atoms with E-state index in [1.54, 1.807) is 0 Å². The number of halogens is 1. The molecule has 1 heterocycles. The maximum Gasteiger partial charge on any atom is 0.0814 e. The van der Waals surface area contributed by atoms with Gasteiger partial charge >= 0.3 is 0 Å². The van der Waals surface area contributed by atoms with Gasteiger partial charge in [-0.3, -0.25) is 0 Å². The number of rotatable bonds is 7. The van der Waals surface area contributed by atoms with Crippen molar-refractivity contribution in [1.29, 1.82) is 0 Å². The van der Waals surface area contributed by atoms with Crippen molar-refractivity contribution in [2.45, 2.75) is 38.6 Å². The lowest BCUT2D eigenvalue weighted by Crippen LogP contribution is -2.14. The van der Waals surface area contributed by atoms with E-state index in [9.17, 15) is 0 Å². The second-order valence-electron chi connectivity index (χ2n) is 5.15. The van der Waals surface area contributed by atoms with Gasteiger partial charge in [0.1, 0.15) is 0 Å². The van der Waals surface area contributed by atoms with E-state index < -0.39 is 0 Å². The normalized spacial score (nSPS) is 14.7. The van der Waals surface area contributed by atoms with Crippen molar-refractivity contribution >= 4 is 22.9 Å². The van der Waals surface area contributed by atoms with Gasteiger partial charge in [-0.15, -0.1) is 11.3 Å². The van der Waals surface area contributed by atoms with Gasteiger partial charge < -0.3 is 10.1 Å². The Labute approximate surface area is 128 Å². The lowest BCUT2D eigenvalue weighted by atomic mass is 10.2. The Kier molecular flexibility index (Phi) is 4.73. The predicted octanol–water partition coefficient (Wildman–Crippen LogP) is 4.37. The first-order chi connectivity index (χ1) is 9.79. The predicted molar refractivity (Wildman–Crippen MR) is 84.1 cm³/mol. The van der Waals surface area contributed by atoms with Crippen LogP contribution in [0.1, 0.15) is 28.2 Å². The van der Waals surface area contributed by atoms with E-state index >= 15 is 0 Å². The summed E-state index contributed by atoms with van der Waals surface area (Å²) in [6.45, 7) is 2.26. The van der Waals surface area contributed by atoms with Gasteiger partial charge in [0.15, 0.2) is 0 Å². The Balaban J connectivity index is 1.43. The molecule has 0 radical (unpaired) electrons. The largest absolute Gasteiger partial charge is 0.371 e. The fourth-order valence-electron chi connectivity index (χ4n) is 2.02. The summed E-state index contributed by atoms with van der Waals surface area (Å²) >= 11 is 7.78. The number of ether oxygens (including phenoxy) is 1. The molecule has 2 nitrogen and oxygen atoms in total. The average Bonchev–Trinajstić information content (AvgIpc) is 3.16. The van der Waals surface area contributed by atoms with Gasteiger partial charge in [0.05, 0.1) is 13.2 Å². The summed E-state index contributed by atoms with van der Waals surface area (Å²) in [5.41, 5.74) is 1.12. The maximum atomic E-state index is 5.95. The zero-order chi connectivity index (χ0) is 13.8. The van der Waals surface area contributed by atoms with E-state index in [1.165, 1.54) is 22.6 Å². The van der Waals surface area contributed by atoms with Crippen LogP contribution in [0, 0.1) is 0 Å². The first-order valence-electron chi connectivity index (χ1n) is 6.93. The SMILES string of the molecule is Clc1cccc(COCc2ccc(CNC3CC3)s2)c1. The Bertz CT molecular complexity index is 565. The molecule has 0 aliphatic heterocycles. The van der Waals surface area contributed by atoms with Crippen LogP contribution in [0.4, 0.5) is 0 Å². The van der Waals surface area contributed by atoms with Crippen LogP contribution >= 0.6 is 22.9 Å². The van der Waals surface area contributed by atoms with Gasteiger partial charge in [0.25, 0.3) is 0 Å². The molecule has 1 fully saturated rings. The molecule has 1 saturated carbocycles. The molecule has 0 bridgehead atoms. The summed E-state index contributed by atoms with van der Waals surface area (Å²) in [5.74, 6) is 0. The second kappa shape index (κ2) is 6.72. The van der Waals surface area contributed by atoms with Crippen LogP contribution in [0.3, 0.4) is 0 Å². The van der Waals surface area contributed by atoms with Crippen LogP contribution in [0.2, 0.25) is 5.02 Å². The molecule has 20 heavy (non-hydrogen) atoms. The second-order valence-corrected chi connectivity index (χ2v) is 6.84. The molecule has 0 amide bonds. The van der Waals surface area contributed by atoms with Gasteiger partial charge in [0.2, 0.25) is 0 Å². The standard InChI is InChI=1S/C16H18ClNOS/c17-13-3-1-2-12(8-13)10-19-11-16-7-6-15(20-16)9-18-14-4-5-14/h1-3,6-8,14,18H,4-5,9-11H2. The van der Waals surface area contributed by atoms with Crippen LogP contribution in [-0.2, 0) is 24.5 Å². The molecule has 3 rings (SSSR count). The third-order valence-corrected chi connectivity index (χ3v) is 4.56. The topological polar surface area (TPSA) is 21.3 Å². The van der Waals surface area contributed by atoms with Crippen molar-refractivity contribution in [1.82, 2.24) is 5.32 Å². The van der Waals surface area contributed by atoms with E-state index in [1.807, 2.05) is 35.6 Å². The molecule has 1 aromatic heterocycles. The minimum absolute atomic E-state index is 0.605. The third-order valence-electron chi connectivity index (χ3n) is 3.26. The Morgan fingerprint density at radius 3 is 2.80 bits per heavy atom. The van der Waals surface area contributed by atoms with E-state index in [0.717, 1.165) is 23.2 Å². The van der Waals surface area contributed by atoms with E-state index in [2.05, 4.69) is 17.4 Å². The zero-order valence-electron chi connectivity index (χ0n) is 11.3. The van der Waals surface area contributed by atoms with Crippen molar-refractivity contribution in [3.8, 4) is 0 Å². The molecule has 0 spiro atoms. The van der Waals surface area contributed by atoms with E-state index in [-0.39, 0.29) is 0 Å². The lowest BCUT2D eigenvalue weighted by Gasteiger charge is -2.03. The minimum atomic E-state index is 0.605. The molecule has 4 heteroatoms. The molecular weight excluding hydrogens is 290 g/mol. The molecule has 2 aromatic rings. The summed E-state index contributed by atoms with van der Waals surface area (Å²) in [6.07, 6.45) is 2.67. The summed E-state index contributed by atoms with van der Waals surface area (Å²) in [6, 6.07) is 12.9. The van der Waals surface area contributed by atoms with Crippen LogP contribution in [0.25, 0.3) is 0 Å². The van der Waals surface area contributed by atoms with Crippen LogP contribution in [0.5, 0.6) is 0 Å². The highest BCUT2D eigenvalue weighted by Gasteiger charge is 2.20. The van der Waals surface area contributed by atoms with Crippen molar-refractivity contribution < 1.29 is 4.74 Å². The van der Waals surface area contributed by atoms with Crippen molar-refractivity contribution in [3.05, 3.63) is 56.7 Å². The van der Waals surface area contributed by atoms with Gasteiger partial charge in [-0.25, -0.2) is 0 Å². The number of benzene rings is 1. The molecule has 0 atom stereocenters. The summed E-state index contributed by atoms with van der Waals surface area (Å²) in [4.78, 5) is 2.66. The average molecular weight is 308 g/mol. The lowest BCUT2D eigenvalue weighted by molar-refractivity contribution is 0.109. The van der Waals surface area contributed by atoms with E-state index in [0.29, 0.717) is 13.2 Å². The fraction of sp³-hybridized carbons (Fsp3) is 0.375. The van der Waals surface area contributed by atoms with Gasteiger partial charge in [-0.1, -0.05) is 23.7 Å². The molecular formula is C16H18ClNOS. The highest BCUT2D eigenvalue weighted by atomic mass is 35.5. The monoisotopic (exact) mass is 307 g/mol. The van der Waals surface area contributed by atoms with Crippen LogP contribution < -0.4 is 5.32 Å². The van der Waals surface area contributed by atoms with Gasteiger partial charge in [-0.2, -0.15) is 0 Å². The Morgan fingerprint density at radius 2 is 2.00 bits per heavy atom. The molecule has 106 valence electrons. The third kappa shape index (κ3) is 4.32. The first-order valence-corrected chi connectivity index (χ1v) is 8.12. The number of hydrogen-bond donors (Lipinski definition) is 1. The fourth-order valence-corrected chi connectivity index (χ4v) is 3.14.